The number of anilines is 3. The molecule has 118 valence electrons. The molecule has 0 spiro atoms. The molecular weight excluding hydrogens is 322 g/mol. The highest BCUT2D eigenvalue weighted by Crippen LogP contribution is 2.42. The number of carbonyl (C=O) groups is 1. The summed E-state index contributed by atoms with van der Waals surface area (Å²) >= 11 is 5.99. The van der Waals surface area contributed by atoms with Gasteiger partial charge in [0.15, 0.2) is 5.82 Å². The lowest BCUT2D eigenvalue weighted by Gasteiger charge is -2.22. The predicted octanol–water partition coefficient (Wildman–Crippen LogP) is 3.07. The van der Waals surface area contributed by atoms with E-state index in [1.54, 1.807) is 23.2 Å². The van der Waals surface area contributed by atoms with Crippen LogP contribution in [0.3, 0.4) is 0 Å². The standard InChI is InChI=1S/C14H12ClN5O3/c1-3-19-12-8(5-4-6-16-12)14(21)17-9-7(2)10(20(22)23)11(15)18-13(9)19/h4-6H,3H2,1-2H3,(H,17,21). The summed E-state index contributed by atoms with van der Waals surface area (Å²) in [6, 6.07) is 3.29. The van der Waals surface area contributed by atoms with Crippen LogP contribution in [0.15, 0.2) is 18.3 Å². The van der Waals surface area contributed by atoms with Crippen LogP contribution in [-0.2, 0) is 0 Å². The van der Waals surface area contributed by atoms with Gasteiger partial charge in [-0.05, 0) is 26.0 Å². The van der Waals surface area contributed by atoms with Crippen LogP contribution in [0, 0.1) is 17.0 Å². The predicted molar refractivity (Wildman–Crippen MR) is 85.5 cm³/mol. The van der Waals surface area contributed by atoms with Gasteiger partial charge in [-0.25, -0.2) is 9.97 Å². The van der Waals surface area contributed by atoms with Gasteiger partial charge < -0.3 is 10.2 Å². The Bertz CT molecular complexity index is 839. The van der Waals surface area contributed by atoms with E-state index in [-0.39, 0.29) is 22.1 Å². The van der Waals surface area contributed by atoms with E-state index in [1.807, 2.05) is 6.92 Å². The molecule has 2 aromatic heterocycles. The Balaban J connectivity index is 2.34. The molecule has 0 saturated heterocycles. The summed E-state index contributed by atoms with van der Waals surface area (Å²) in [7, 11) is 0. The Labute approximate surface area is 136 Å². The first-order chi connectivity index (χ1) is 11.0. The average Bonchev–Trinajstić information content (AvgIpc) is 2.62. The number of nitro groups is 1. The summed E-state index contributed by atoms with van der Waals surface area (Å²) in [5, 5.41) is 13.7. The minimum Gasteiger partial charge on any atom is -0.318 e. The summed E-state index contributed by atoms with van der Waals surface area (Å²) < 4.78 is 0. The molecule has 3 rings (SSSR count). The van der Waals surface area contributed by atoms with Gasteiger partial charge in [-0.2, -0.15) is 0 Å². The third kappa shape index (κ3) is 2.27. The Kier molecular flexibility index (Phi) is 3.61. The molecule has 0 aliphatic carbocycles. The summed E-state index contributed by atoms with van der Waals surface area (Å²) in [6.45, 7) is 3.86. The number of nitrogens with one attached hydrogen (secondary N) is 1. The minimum atomic E-state index is -0.607. The number of fused-ring (bicyclic) bond motifs is 2. The van der Waals surface area contributed by atoms with Crippen molar-refractivity contribution in [2.24, 2.45) is 0 Å². The molecule has 2 aromatic rings. The van der Waals surface area contributed by atoms with E-state index in [9.17, 15) is 14.9 Å². The van der Waals surface area contributed by atoms with Gasteiger partial charge in [0.1, 0.15) is 5.82 Å². The van der Waals surface area contributed by atoms with Gasteiger partial charge >= 0.3 is 5.69 Å². The van der Waals surface area contributed by atoms with Crippen molar-refractivity contribution < 1.29 is 9.72 Å². The number of aromatic nitrogens is 2. The zero-order valence-electron chi connectivity index (χ0n) is 12.3. The van der Waals surface area contributed by atoms with E-state index in [0.29, 0.717) is 23.7 Å². The molecule has 0 unspecified atom stereocenters. The topological polar surface area (TPSA) is 101 Å². The SMILES string of the molecule is CCN1c2ncccc2C(=O)Nc2c1nc(Cl)c([N+](=O)[O-])c2C. The van der Waals surface area contributed by atoms with Crippen molar-refractivity contribution >= 4 is 40.5 Å². The monoisotopic (exact) mass is 333 g/mol. The van der Waals surface area contributed by atoms with Crippen LogP contribution in [0.4, 0.5) is 23.0 Å². The molecule has 1 amide bonds. The first kappa shape index (κ1) is 15.2. The zero-order valence-corrected chi connectivity index (χ0v) is 13.1. The van der Waals surface area contributed by atoms with Crippen molar-refractivity contribution in [2.75, 3.05) is 16.8 Å². The zero-order chi connectivity index (χ0) is 16.7. The lowest BCUT2D eigenvalue weighted by Crippen LogP contribution is -2.20. The third-order valence-corrected chi connectivity index (χ3v) is 3.90. The van der Waals surface area contributed by atoms with E-state index in [2.05, 4.69) is 15.3 Å². The Morgan fingerprint density at radius 2 is 2.17 bits per heavy atom. The molecule has 0 aromatic carbocycles. The van der Waals surface area contributed by atoms with Gasteiger partial charge in [0.25, 0.3) is 5.91 Å². The lowest BCUT2D eigenvalue weighted by atomic mass is 10.2. The van der Waals surface area contributed by atoms with Crippen molar-refractivity contribution in [3.05, 3.63) is 44.7 Å². The van der Waals surface area contributed by atoms with E-state index in [4.69, 9.17) is 11.6 Å². The van der Waals surface area contributed by atoms with Gasteiger partial charge in [-0.3, -0.25) is 14.9 Å². The van der Waals surface area contributed by atoms with Crippen LogP contribution in [0.2, 0.25) is 5.15 Å². The molecule has 1 aliphatic heterocycles. The lowest BCUT2D eigenvalue weighted by molar-refractivity contribution is -0.385. The number of nitrogens with zero attached hydrogens (tertiary/aromatic N) is 4. The highest BCUT2D eigenvalue weighted by molar-refractivity contribution is 6.32. The Morgan fingerprint density at radius 1 is 1.43 bits per heavy atom. The number of rotatable bonds is 2. The Morgan fingerprint density at radius 3 is 2.83 bits per heavy atom. The second-order valence-corrected chi connectivity index (χ2v) is 5.26. The maximum absolute atomic E-state index is 12.4. The summed E-state index contributed by atoms with van der Waals surface area (Å²) in [6.07, 6.45) is 1.57. The van der Waals surface area contributed by atoms with Crippen LogP contribution >= 0.6 is 11.6 Å². The average molecular weight is 334 g/mol. The molecule has 23 heavy (non-hydrogen) atoms. The van der Waals surface area contributed by atoms with Crippen LogP contribution in [0.5, 0.6) is 0 Å². The number of halogens is 1. The van der Waals surface area contributed by atoms with Crippen molar-refractivity contribution in [2.45, 2.75) is 13.8 Å². The largest absolute Gasteiger partial charge is 0.318 e. The van der Waals surface area contributed by atoms with E-state index in [1.165, 1.54) is 6.92 Å². The van der Waals surface area contributed by atoms with Crippen molar-refractivity contribution in [3.63, 3.8) is 0 Å². The molecule has 8 nitrogen and oxygen atoms in total. The van der Waals surface area contributed by atoms with Gasteiger partial charge in [-0.1, -0.05) is 11.6 Å². The fourth-order valence-electron chi connectivity index (χ4n) is 2.57. The maximum Gasteiger partial charge on any atom is 0.311 e. The molecule has 1 N–H and O–H groups in total. The molecule has 0 fully saturated rings. The first-order valence-electron chi connectivity index (χ1n) is 6.84. The summed E-state index contributed by atoms with van der Waals surface area (Å²) in [5.41, 5.74) is 0.571. The molecule has 0 radical (unpaired) electrons. The number of hydrogen-bond donors (Lipinski definition) is 1. The normalized spacial score (nSPS) is 13.0. The smallest absolute Gasteiger partial charge is 0.311 e. The quantitative estimate of drug-likeness (QED) is 0.515. The van der Waals surface area contributed by atoms with E-state index >= 15 is 0 Å². The number of hydrogen-bond acceptors (Lipinski definition) is 6. The van der Waals surface area contributed by atoms with Gasteiger partial charge in [0, 0.05) is 12.7 Å². The van der Waals surface area contributed by atoms with E-state index < -0.39 is 10.8 Å². The van der Waals surface area contributed by atoms with E-state index in [0.717, 1.165) is 0 Å². The highest BCUT2D eigenvalue weighted by Gasteiger charge is 2.32. The summed E-state index contributed by atoms with van der Waals surface area (Å²) in [4.78, 5) is 33.1. The summed E-state index contributed by atoms with van der Waals surface area (Å²) in [5.74, 6) is 0.376. The first-order valence-corrected chi connectivity index (χ1v) is 7.21. The van der Waals surface area contributed by atoms with Crippen molar-refractivity contribution in [1.29, 1.82) is 0 Å². The van der Waals surface area contributed by atoms with Crippen LogP contribution in [0.25, 0.3) is 0 Å². The van der Waals surface area contributed by atoms with Crippen molar-refractivity contribution in [3.8, 4) is 0 Å². The number of amides is 1. The number of pyridine rings is 2. The Hall–Kier alpha value is -2.74. The van der Waals surface area contributed by atoms with Gasteiger partial charge in [0.05, 0.1) is 21.7 Å². The second-order valence-electron chi connectivity index (χ2n) is 4.90. The molecule has 9 heteroatoms. The molecule has 0 saturated carbocycles. The highest BCUT2D eigenvalue weighted by atomic mass is 35.5. The van der Waals surface area contributed by atoms with Crippen LogP contribution < -0.4 is 10.2 Å². The molecular formula is C14H12ClN5O3. The number of carbonyl (C=O) groups excluding carboxylic acids is 1. The fraction of sp³-hybridized carbons (Fsp3) is 0.214. The van der Waals surface area contributed by atoms with Gasteiger partial charge in [-0.15, -0.1) is 0 Å². The molecule has 0 atom stereocenters. The van der Waals surface area contributed by atoms with Crippen LogP contribution in [-0.4, -0.2) is 27.3 Å². The molecule has 3 heterocycles. The maximum atomic E-state index is 12.4. The van der Waals surface area contributed by atoms with Gasteiger partial charge in [0.2, 0.25) is 5.15 Å². The minimum absolute atomic E-state index is 0.224. The second kappa shape index (κ2) is 5.47. The van der Waals surface area contributed by atoms with Crippen molar-refractivity contribution in [1.82, 2.24) is 9.97 Å². The fourth-order valence-corrected chi connectivity index (χ4v) is 2.86. The molecule has 0 bridgehead atoms. The molecule has 1 aliphatic rings. The van der Waals surface area contributed by atoms with Crippen LogP contribution in [0.1, 0.15) is 22.8 Å². The third-order valence-electron chi connectivity index (χ3n) is 3.63.